The van der Waals surface area contributed by atoms with Crippen molar-refractivity contribution in [3.8, 4) is 0 Å². The maximum Gasteiger partial charge on any atom is 0.229 e. The zero-order valence-corrected chi connectivity index (χ0v) is 9.56. The van der Waals surface area contributed by atoms with E-state index in [1.165, 1.54) is 19.3 Å². The van der Waals surface area contributed by atoms with E-state index in [1.807, 2.05) is 0 Å². The Hall–Kier alpha value is -0.900. The van der Waals surface area contributed by atoms with Gasteiger partial charge in [-0.05, 0) is 38.5 Å². The summed E-state index contributed by atoms with van der Waals surface area (Å²) in [6.07, 6.45) is 8.16. The lowest BCUT2D eigenvalue weighted by Gasteiger charge is -2.23. The number of hydrogen-bond acceptors (Lipinski definition) is 4. The van der Waals surface area contributed by atoms with Gasteiger partial charge in [0.2, 0.25) is 5.89 Å². The van der Waals surface area contributed by atoms with Crippen molar-refractivity contribution >= 4 is 0 Å². The third-order valence-corrected chi connectivity index (χ3v) is 4.05. The molecule has 0 spiro atoms. The Morgan fingerprint density at radius 2 is 1.75 bits per heavy atom. The lowest BCUT2D eigenvalue weighted by molar-refractivity contribution is 0.296. The van der Waals surface area contributed by atoms with Crippen LogP contribution < -0.4 is 5.73 Å². The molecule has 1 aromatic rings. The summed E-state index contributed by atoms with van der Waals surface area (Å²) in [5, 5.41) is 4.12. The van der Waals surface area contributed by atoms with E-state index in [1.54, 1.807) is 0 Å². The molecular weight excluding hydrogens is 202 g/mol. The Labute approximate surface area is 95.6 Å². The molecule has 0 amide bonds. The minimum Gasteiger partial charge on any atom is -0.339 e. The van der Waals surface area contributed by atoms with Gasteiger partial charge in [0.15, 0.2) is 5.82 Å². The van der Waals surface area contributed by atoms with Gasteiger partial charge in [-0.3, -0.25) is 0 Å². The van der Waals surface area contributed by atoms with E-state index in [0.717, 1.165) is 37.4 Å². The Kier molecular flexibility index (Phi) is 2.67. The van der Waals surface area contributed by atoms with E-state index >= 15 is 0 Å². The molecule has 0 atom stereocenters. The summed E-state index contributed by atoms with van der Waals surface area (Å²) in [4.78, 5) is 4.56. The SMILES string of the molecule is NC1CCC(c2nc(C3CCC3)no2)CC1. The molecule has 0 unspecified atom stereocenters. The molecule has 4 heteroatoms. The third-order valence-electron chi connectivity index (χ3n) is 4.05. The molecule has 0 saturated heterocycles. The fourth-order valence-electron chi connectivity index (χ4n) is 2.61. The van der Waals surface area contributed by atoms with E-state index in [9.17, 15) is 0 Å². The number of hydrogen-bond donors (Lipinski definition) is 1. The van der Waals surface area contributed by atoms with E-state index < -0.39 is 0 Å². The molecule has 16 heavy (non-hydrogen) atoms. The van der Waals surface area contributed by atoms with Crippen LogP contribution in [0.15, 0.2) is 4.52 Å². The number of rotatable bonds is 2. The quantitative estimate of drug-likeness (QED) is 0.832. The first-order valence-corrected chi connectivity index (χ1v) is 6.42. The van der Waals surface area contributed by atoms with Crippen LogP contribution in [0.5, 0.6) is 0 Å². The first-order valence-electron chi connectivity index (χ1n) is 6.42. The van der Waals surface area contributed by atoms with Crippen LogP contribution in [0.3, 0.4) is 0 Å². The van der Waals surface area contributed by atoms with Crippen LogP contribution in [-0.4, -0.2) is 16.2 Å². The van der Waals surface area contributed by atoms with Crippen LogP contribution in [0.25, 0.3) is 0 Å². The van der Waals surface area contributed by atoms with E-state index in [2.05, 4.69) is 10.1 Å². The van der Waals surface area contributed by atoms with Crippen molar-refractivity contribution in [2.24, 2.45) is 5.73 Å². The lowest BCUT2D eigenvalue weighted by Crippen LogP contribution is -2.25. The normalized spacial score (nSPS) is 31.3. The topological polar surface area (TPSA) is 64.9 Å². The first kappa shape index (κ1) is 10.3. The van der Waals surface area contributed by atoms with Gasteiger partial charge in [0, 0.05) is 17.9 Å². The number of nitrogens with two attached hydrogens (primary N) is 1. The van der Waals surface area contributed by atoms with Gasteiger partial charge < -0.3 is 10.3 Å². The molecule has 2 aliphatic carbocycles. The molecule has 0 radical (unpaired) electrons. The average Bonchev–Trinajstić information content (AvgIpc) is 2.65. The van der Waals surface area contributed by atoms with Crippen LogP contribution in [0, 0.1) is 0 Å². The summed E-state index contributed by atoms with van der Waals surface area (Å²) < 4.78 is 5.39. The van der Waals surface area contributed by atoms with Crippen LogP contribution in [0.1, 0.15) is 68.5 Å². The largest absolute Gasteiger partial charge is 0.339 e. The Balaban J connectivity index is 1.67. The minimum atomic E-state index is 0.380. The van der Waals surface area contributed by atoms with Crippen LogP contribution in [0.4, 0.5) is 0 Å². The van der Waals surface area contributed by atoms with Crippen molar-refractivity contribution < 1.29 is 4.52 Å². The predicted octanol–water partition coefficient (Wildman–Crippen LogP) is 2.32. The summed E-state index contributed by atoms with van der Waals surface area (Å²) in [6, 6.07) is 0.380. The van der Waals surface area contributed by atoms with Crippen LogP contribution in [0.2, 0.25) is 0 Å². The van der Waals surface area contributed by atoms with Gasteiger partial charge in [-0.15, -0.1) is 0 Å². The molecule has 0 aliphatic heterocycles. The smallest absolute Gasteiger partial charge is 0.229 e. The Bertz CT molecular complexity index is 351. The van der Waals surface area contributed by atoms with Crippen molar-refractivity contribution in [3.05, 3.63) is 11.7 Å². The maximum absolute atomic E-state index is 5.89. The second kappa shape index (κ2) is 4.17. The fourth-order valence-corrected chi connectivity index (χ4v) is 2.61. The Morgan fingerprint density at radius 3 is 2.38 bits per heavy atom. The van der Waals surface area contributed by atoms with Crippen molar-refractivity contribution in [1.82, 2.24) is 10.1 Å². The Morgan fingerprint density at radius 1 is 1.00 bits per heavy atom. The molecule has 1 aromatic heterocycles. The molecule has 4 nitrogen and oxygen atoms in total. The second-order valence-electron chi connectivity index (χ2n) is 5.23. The molecule has 2 aliphatic rings. The number of nitrogens with zero attached hydrogens (tertiary/aromatic N) is 2. The third kappa shape index (κ3) is 1.86. The van der Waals surface area contributed by atoms with Gasteiger partial charge >= 0.3 is 0 Å². The summed E-state index contributed by atoms with van der Waals surface area (Å²) in [6.45, 7) is 0. The molecule has 1 heterocycles. The highest BCUT2D eigenvalue weighted by molar-refractivity contribution is 5.03. The molecular formula is C12H19N3O. The fraction of sp³-hybridized carbons (Fsp3) is 0.833. The highest BCUT2D eigenvalue weighted by Gasteiger charge is 2.28. The summed E-state index contributed by atoms with van der Waals surface area (Å²) >= 11 is 0. The molecule has 0 bridgehead atoms. The molecule has 0 aromatic carbocycles. The van der Waals surface area contributed by atoms with Crippen molar-refractivity contribution in [1.29, 1.82) is 0 Å². The second-order valence-corrected chi connectivity index (χ2v) is 5.23. The molecule has 2 saturated carbocycles. The number of aromatic nitrogens is 2. The molecule has 2 fully saturated rings. The van der Waals surface area contributed by atoms with E-state index in [-0.39, 0.29) is 0 Å². The van der Waals surface area contributed by atoms with Crippen molar-refractivity contribution in [2.45, 2.75) is 62.8 Å². The van der Waals surface area contributed by atoms with Crippen molar-refractivity contribution in [2.75, 3.05) is 0 Å². The van der Waals surface area contributed by atoms with Crippen LogP contribution >= 0.6 is 0 Å². The summed E-state index contributed by atoms with van der Waals surface area (Å²) in [5.41, 5.74) is 5.89. The summed E-state index contributed by atoms with van der Waals surface area (Å²) in [7, 11) is 0. The van der Waals surface area contributed by atoms with Gasteiger partial charge in [-0.1, -0.05) is 11.6 Å². The predicted molar refractivity (Wildman–Crippen MR) is 60.1 cm³/mol. The van der Waals surface area contributed by atoms with E-state index in [0.29, 0.717) is 17.9 Å². The van der Waals surface area contributed by atoms with Gasteiger partial charge in [0.25, 0.3) is 0 Å². The van der Waals surface area contributed by atoms with Gasteiger partial charge in [-0.25, -0.2) is 0 Å². The standard InChI is InChI=1S/C12H19N3O/c13-10-6-4-9(5-7-10)12-14-11(15-16-12)8-2-1-3-8/h8-10H,1-7,13H2. The minimum absolute atomic E-state index is 0.380. The average molecular weight is 221 g/mol. The zero-order valence-electron chi connectivity index (χ0n) is 9.56. The van der Waals surface area contributed by atoms with E-state index in [4.69, 9.17) is 10.3 Å². The van der Waals surface area contributed by atoms with Gasteiger partial charge in [0.05, 0.1) is 0 Å². The monoisotopic (exact) mass is 221 g/mol. The molecule has 3 rings (SSSR count). The first-order chi connectivity index (χ1) is 7.83. The van der Waals surface area contributed by atoms with Gasteiger partial charge in [0.1, 0.15) is 0 Å². The lowest BCUT2D eigenvalue weighted by atomic mass is 9.84. The zero-order chi connectivity index (χ0) is 11.0. The summed E-state index contributed by atoms with van der Waals surface area (Å²) in [5.74, 6) is 2.83. The van der Waals surface area contributed by atoms with Crippen molar-refractivity contribution in [3.63, 3.8) is 0 Å². The molecule has 2 N–H and O–H groups in total. The highest BCUT2D eigenvalue weighted by atomic mass is 16.5. The van der Waals surface area contributed by atoms with Gasteiger partial charge in [-0.2, -0.15) is 4.98 Å². The molecule has 88 valence electrons. The maximum atomic E-state index is 5.89. The highest BCUT2D eigenvalue weighted by Crippen LogP contribution is 2.36. The van der Waals surface area contributed by atoms with Crippen LogP contribution in [-0.2, 0) is 0 Å².